The lowest BCUT2D eigenvalue weighted by molar-refractivity contribution is 0.480. The van der Waals surface area contributed by atoms with Gasteiger partial charge >= 0.3 is 0 Å². The van der Waals surface area contributed by atoms with Crippen molar-refractivity contribution in [1.29, 1.82) is 0 Å². The summed E-state index contributed by atoms with van der Waals surface area (Å²) in [6.45, 7) is 1.43. The van der Waals surface area contributed by atoms with Crippen LogP contribution in [0.25, 0.3) is 0 Å². The molecule has 0 unspecified atom stereocenters. The molecule has 0 aromatic carbocycles. The highest BCUT2D eigenvalue weighted by Gasteiger charge is 2.19. The first-order valence-electron chi connectivity index (χ1n) is 3.24. The smallest absolute Gasteiger partial charge is 0.282 e. The number of alkyl halides is 1. The number of rotatable bonds is 2. The van der Waals surface area contributed by atoms with Crippen LogP contribution in [0.15, 0.2) is 4.90 Å². The molecule has 1 aromatic heterocycles. The van der Waals surface area contributed by atoms with Crippen LogP contribution in [0.1, 0.15) is 11.4 Å². The predicted octanol–water partition coefficient (Wildman–Crippen LogP) is 0.571. The molecule has 13 heavy (non-hydrogen) atoms. The Hall–Kier alpha value is -0.720. The van der Waals surface area contributed by atoms with E-state index in [-0.39, 0.29) is 22.2 Å². The van der Waals surface area contributed by atoms with Gasteiger partial charge in [-0.25, -0.2) is 9.97 Å². The average molecular weight is 222 g/mol. The third kappa shape index (κ3) is 2.15. The molecule has 0 aliphatic rings. The maximum absolute atomic E-state index is 10.8. The molecular formula is C6H6ClN2O3S. The fourth-order valence-electron chi connectivity index (χ4n) is 0.897. The largest absolute Gasteiger partial charge is 0.298 e. The SMILES string of the molecule is Cc1n[c]nc(CCl)c1S(=O)(=O)O. The summed E-state index contributed by atoms with van der Waals surface area (Å²) >= 11 is 5.42. The van der Waals surface area contributed by atoms with Crippen molar-refractivity contribution >= 4 is 21.7 Å². The van der Waals surface area contributed by atoms with Crippen molar-refractivity contribution in [3.63, 3.8) is 0 Å². The normalized spacial score (nSPS) is 11.6. The molecule has 7 heteroatoms. The first-order chi connectivity index (χ1) is 5.96. The molecule has 0 aliphatic heterocycles. The molecule has 0 aliphatic carbocycles. The molecule has 1 N–H and O–H groups in total. The van der Waals surface area contributed by atoms with Gasteiger partial charge < -0.3 is 0 Å². The van der Waals surface area contributed by atoms with Crippen molar-refractivity contribution in [2.75, 3.05) is 0 Å². The van der Waals surface area contributed by atoms with Gasteiger partial charge in [0.25, 0.3) is 10.1 Å². The Morgan fingerprint density at radius 3 is 2.54 bits per heavy atom. The summed E-state index contributed by atoms with van der Waals surface area (Å²) in [7, 11) is -4.31. The molecule has 1 aromatic rings. The zero-order valence-electron chi connectivity index (χ0n) is 6.65. The fraction of sp³-hybridized carbons (Fsp3) is 0.333. The second-order valence-electron chi connectivity index (χ2n) is 2.29. The second-order valence-corrected chi connectivity index (χ2v) is 3.92. The van der Waals surface area contributed by atoms with E-state index in [4.69, 9.17) is 16.2 Å². The van der Waals surface area contributed by atoms with Gasteiger partial charge in [0.15, 0.2) is 6.33 Å². The van der Waals surface area contributed by atoms with Crippen LogP contribution in [0.4, 0.5) is 0 Å². The standard InChI is InChI=1S/C6H6ClN2O3S/c1-4-6(13(10,11)12)5(2-7)9-3-8-4/h2H2,1H3,(H,10,11,12). The van der Waals surface area contributed by atoms with Crippen LogP contribution >= 0.6 is 11.6 Å². The van der Waals surface area contributed by atoms with E-state index in [1.165, 1.54) is 6.92 Å². The van der Waals surface area contributed by atoms with E-state index in [0.717, 1.165) is 0 Å². The molecule has 0 fully saturated rings. The van der Waals surface area contributed by atoms with Crippen LogP contribution in [0, 0.1) is 13.3 Å². The van der Waals surface area contributed by atoms with Crippen molar-refractivity contribution in [1.82, 2.24) is 9.97 Å². The minimum absolute atomic E-state index is 0.0525. The van der Waals surface area contributed by atoms with E-state index >= 15 is 0 Å². The zero-order chi connectivity index (χ0) is 10.1. The molecule has 0 amide bonds. The van der Waals surface area contributed by atoms with Gasteiger partial charge in [-0.3, -0.25) is 4.55 Å². The zero-order valence-corrected chi connectivity index (χ0v) is 8.22. The number of hydrogen-bond donors (Lipinski definition) is 1. The van der Waals surface area contributed by atoms with Gasteiger partial charge in [-0.05, 0) is 6.92 Å². The molecule has 0 atom stereocenters. The van der Waals surface area contributed by atoms with Crippen LogP contribution in [-0.4, -0.2) is 22.9 Å². The maximum atomic E-state index is 10.8. The number of aromatic nitrogens is 2. The quantitative estimate of drug-likeness (QED) is 0.583. The first kappa shape index (κ1) is 10.4. The molecule has 1 rings (SSSR count). The molecule has 71 valence electrons. The number of hydrogen-bond acceptors (Lipinski definition) is 4. The molecule has 0 saturated heterocycles. The van der Waals surface area contributed by atoms with E-state index in [1.807, 2.05) is 0 Å². The Kier molecular flexibility index (Phi) is 2.84. The van der Waals surface area contributed by atoms with Crippen LogP contribution in [0.2, 0.25) is 0 Å². The van der Waals surface area contributed by atoms with Crippen LogP contribution in [0.3, 0.4) is 0 Å². The van der Waals surface area contributed by atoms with Gasteiger partial charge in [-0.2, -0.15) is 8.42 Å². The molecule has 0 saturated carbocycles. The van der Waals surface area contributed by atoms with Gasteiger partial charge in [0.05, 0.1) is 17.3 Å². The van der Waals surface area contributed by atoms with E-state index < -0.39 is 10.1 Å². The molecule has 0 bridgehead atoms. The Morgan fingerprint density at radius 2 is 2.15 bits per heavy atom. The molecule has 5 nitrogen and oxygen atoms in total. The highest BCUT2D eigenvalue weighted by molar-refractivity contribution is 7.86. The van der Waals surface area contributed by atoms with Crippen LogP contribution in [0.5, 0.6) is 0 Å². The first-order valence-corrected chi connectivity index (χ1v) is 5.21. The highest BCUT2D eigenvalue weighted by Crippen LogP contribution is 2.16. The van der Waals surface area contributed by atoms with Gasteiger partial charge in [0.1, 0.15) is 4.90 Å². The summed E-state index contributed by atoms with van der Waals surface area (Å²) in [6, 6.07) is 0. The van der Waals surface area contributed by atoms with Crippen molar-refractivity contribution in [3.05, 3.63) is 17.7 Å². The fourth-order valence-corrected chi connectivity index (χ4v) is 2.00. The molecular weight excluding hydrogens is 216 g/mol. The summed E-state index contributed by atoms with van der Waals surface area (Å²) in [5, 5.41) is 0. The highest BCUT2D eigenvalue weighted by atomic mass is 35.5. The summed E-state index contributed by atoms with van der Waals surface area (Å²) in [4.78, 5) is 6.71. The summed E-state index contributed by atoms with van der Waals surface area (Å²) < 4.78 is 30.5. The molecule has 0 spiro atoms. The average Bonchev–Trinajstić information content (AvgIpc) is 2.01. The van der Waals surface area contributed by atoms with Crippen molar-refractivity contribution < 1.29 is 13.0 Å². The Bertz CT molecular complexity index is 418. The van der Waals surface area contributed by atoms with Crippen LogP contribution < -0.4 is 0 Å². The Balaban J connectivity index is 3.50. The number of aryl methyl sites for hydroxylation is 1. The summed E-state index contributed by atoms with van der Waals surface area (Å²) in [6.07, 6.45) is 2.23. The third-order valence-electron chi connectivity index (χ3n) is 1.38. The van der Waals surface area contributed by atoms with Crippen molar-refractivity contribution in [2.45, 2.75) is 17.7 Å². The van der Waals surface area contributed by atoms with E-state index in [9.17, 15) is 8.42 Å². The van der Waals surface area contributed by atoms with Crippen molar-refractivity contribution in [2.24, 2.45) is 0 Å². The van der Waals surface area contributed by atoms with Gasteiger partial charge in [0.2, 0.25) is 0 Å². The lowest BCUT2D eigenvalue weighted by Gasteiger charge is -2.03. The lowest BCUT2D eigenvalue weighted by Crippen LogP contribution is -2.08. The van der Waals surface area contributed by atoms with E-state index in [2.05, 4.69) is 16.3 Å². The molecule has 1 radical (unpaired) electrons. The van der Waals surface area contributed by atoms with E-state index in [0.29, 0.717) is 0 Å². The maximum Gasteiger partial charge on any atom is 0.298 e. The topological polar surface area (TPSA) is 80.2 Å². The Labute approximate surface area is 80.5 Å². The lowest BCUT2D eigenvalue weighted by atomic mass is 10.3. The number of nitrogens with zero attached hydrogens (tertiary/aromatic N) is 2. The van der Waals surface area contributed by atoms with Gasteiger partial charge in [-0.1, -0.05) is 0 Å². The second kappa shape index (κ2) is 3.57. The predicted molar refractivity (Wildman–Crippen MR) is 45.0 cm³/mol. The summed E-state index contributed by atoms with van der Waals surface area (Å²) in [5.74, 6) is -0.116. The van der Waals surface area contributed by atoms with E-state index in [1.54, 1.807) is 0 Å². The van der Waals surface area contributed by atoms with Gasteiger partial charge in [-0.15, -0.1) is 11.6 Å². The Morgan fingerprint density at radius 1 is 1.54 bits per heavy atom. The van der Waals surface area contributed by atoms with Crippen molar-refractivity contribution in [3.8, 4) is 0 Å². The summed E-state index contributed by atoms with van der Waals surface area (Å²) in [5.41, 5.74) is 0.185. The van der Waals surface area contributed by atoms with Crippen LogP contribution in [-0.2, 0) is 16.0 Å². The minimum Gasteiger partial charge on any atom is -0.282 e. The number of halogens is 1. The minimum atomic E-state index is -4.31. The third-order valence-corrected chi connectivity index (χ3v) is 2.68. The monoisotopic (exact) mass is 221 g/mol. The van der Waals surface area contributed by atoms with Gasteiger partial charge in [0, 0.05) is 0 Å². The molecule has 1 heterocycles.